The van der Waals surface area contributed by atoms with Crippen LogP contribution < -0.4 is 0 Å². The Labute approximate surface area is 160 Å². The fourth-order valence-electron chi connectivity index (χ4n) is 5.17. The van der Waals surface area contributed by atoms with Crippen molar-refractivity contribution in [3.05, 3.63) is 21.9 Å². The van der Waals surface area contributed by atoms with Crippen LogP contribution in [0.3, 0.4) is 0 Å². The molecule has 4 rings (SSSR count). The zero-order valence-electron chi connectivity index (χ0n) is 15.8. The fourth-order valence-corrected chi connectivity index (χ4v) is 6.06. The molecule has 2 aliphatic heterocycles. The second kappa shape index (κ2) is 7.34. The van der Waals surface area contributed by atoms with Crippen LogP contribution >= 0.6 is 11.3 Å². The van der Waals surface area contributed by atoms with Crippen molar-refractivity contribution in [2.75, 3.05) is 26.2 Å². The van der Waals surface area contributed by atoms with Crippen molar-refractivity contribution in [3.8, 4) is 0 Å². The van der Waals surface area contributed by atoms with Crippen molar-refractivity contribution < 1.29 is 9.59 Å². The van der Waals surface area contributed by atoms with Gasteiger partial charge in [-0.25, -0.2) is 0 Å². The van der Waals surface area contributed by atoms with Crippen molar-refractivity contribution >= 4 is 23.2 Å². The number of hydrogen-bond acceptors (Lipinski definition) is 3. The van der Waals surface area contributed by atoms with E-state index in [1.165, 1.54) is 43.4 Å². The minimum absolute atomic E-state index is 0.117. The van der Waals surface area contributed by atoms with Gasteiger partial charge in [0, 0.05) is 26.2 Å². The summed E-state index contributed by atoms with van der Waals surface area (Å²) in [6.45, 7) is 5.18. The van der Waals surface area contributed by atoms with Crippen molar-refractivity contribution in [2.24, 2.45) is 11.3 Å². The molecule has 1 aromatic heterocycles. The van der Waals surface area contributed by atoms with Gasteiger partial charge in [0.05, 0.1) is 10.3 Å². The minimum Gasteiger partial charge on any atom is -0.342 e. The van der Waals surface area contributed by atoms with Gasteiger partial charge in [-0.2, -0.15) is 0 Å². The Kier molecular flexibility index (Phi) is 5.09. The highest BCUT2D eigenvalue weighted by molar-refractivity contribution is 7.12. The maximum atomic E-state index is 13.3. The highest BCUT2D eigenvalue weighted by Crippen LogP contribution is 2.41. The van der Waals surface area contributed by atoms with Crippen molar-refractivity contribution in [1.82, 2.24) is 9.80 Å². The summed E-state index contributed by atoms with van der Waals surface area (Å²) in [5, 5.41) is 1.98. The van der Waals surface area contributed by atoms with Crippen LogP contribution in [0.2, 0.25) is 0 Å². The molecular weight excluding hydrogens is 344 g/mol. The van der Waals surface area contributed by atoms with Crippen LogP contribution in [0.5, 0.6) is 0 Å². The molecule has 3 heterocycles. The average molecular weight is 375 g/mol. The molecule has 142 valence electrons. The number of piperidine rings is 1. The van der Waals surface area contributed by atoms with Crippen LogP contribution in [0.4, 0.5) is 0 Å². The first-order chi connectivity index (χ1) is 12.6. The number of thiophene rings is 1. The van der Waals surface area contributed by atoms with Crippen molar-refractivity contribution in [2.45, 2.75) is 58.3 Å². The van der Waals surface area contributed by atoms with Crippen molar-refractivity contribution in [3.63, 3.8) is 0 Å². The number of amides is 2. The first-order valence-electron chi connectivity index (χ1n) is 10.2. The van der Waals surface area contributed by atoms with Gasteiger partial charge < -0.3 is 9.80 Å². The molecule has 1 atom stereocenters. The monoisotopic (exact) mass is 374 g/mol. The molecule has 0 bridgehead atoms. The SMILES string of the molecule is Cc1ccsc1C(=O)N1CC[C@]2(CCCN(CC3CCCCC3)C2=O)C1. The molecule has 3 fully saturated rings. The summed E-state index contributed by atoms with van der Waals surface area (Å²) in [6.07, 6.45) is 9.41. The van der Waals surface area contributed by atoms with E-state index in [0.29, 0.717) is 18.4 Å². The van der Waals surface area contributed by atoms with Gasteiger partial charge in [-0.15, -0.1) is 11.3 Å². The zero-order chi connectivity index (χ0) is 18.1. The van der Waals surface area contributed by atoms with Crippen LogP contribution in [-0.4, -0.2) is 47.8 Å². The number of carbonyl (C=O) groups is 2. The quantitative estimate of drug-likeness (QED) is 0.799. The summed E-state index contributed by atoms with van der Waals surface area (Å²) in [5.74, 6) is 1.13. The summed E-state index contributed by atoms with van der Waals surface area (Å²) >= 11 is 1.52. The molecule has 0 aromatic carbocycles. The lowest BCUT2D eigenvalue weighted by atomic mass is 9.77. The van der Waals surface area contributed by atoms with Crippen LogP contribution in [0, 0.1) is 18.3 Å². The molecule has 2 saturated heterocycles. The normalized spacial score (nSPS) is 27.5. The average Bonchev–Trinajstić information content (AvgIpc) is 3.27. The lowest BCUT2D eigenvalue weighted by Gasteiger charge is -2.41. The summed E-state index contributed by atoms with van der Waals surface area (Å²) in [4.78, 5) is 31.1. The van der Waals surface area contributed by atoms with E-state index in [2.05, 4.69) is 4.90 Å². The first kappa shape index (κ1) is 18.0. The van der Waals surface area contributed by atoms with E-state index in [4.69, 9.17) is 0 Å². The summed E-state index contributed by atoms with van der Waals surface area (Å²) < 4.78 is 0. The van der Waals surface area contributed by atoms with E-state index >= 15 is 0 Å². The summed E-state index contributed by atoms with van der Waals surface area (Å²) in [6, 6.07) is 2.00. The molecule has 1 aliphatic carbocycles. The summed E-state index contributed by atoms with van der Waals surface area (Å²) in [5.41, 5.74) is 0.739. The third kappa shape index (κ3) is 3.30. The Morgan fingerprint density at radius 3 is 2.73 bits per heavy atom. The van der Waals surface area contributed by atoms with Gasteiger partial charge >= 0.3 is 0 Å². The highest BCUT2D eigenvalue weighted by atomic mass is 32.1. The van der Waals surface area contributed by atoms with E-state index in [9.17, 15) is 9.59 Å². The molecule has 4 nitrogen and oxygen atoms in total. The number of aryl methyl sites for hydroxylation is 1. The molecule has 1 aromatic rings. The maximum absolute atomic E-state index is 13.3. The molecule has 0 N–H and O–H groups in total. The number of nitrogens with zero attached hydrogens (tertiary/aromatic N) is 2. The van der Waals surface area contributed by atoms with Crippen LogP contribution in [-0.2, 0) is 4.79 Å². The number of likely N-dealkylation sites (tertiary alicyclic amines) is 2. The third-order valence-corrected chi connectivity index (χ3v) is 7.73. The Hall–Kier alpha value is -1.36. The van der Waals surface area contributed by atoms with Gasteiger partial charge in [0.1, 0.15) is 0 Å². The van der Waals surface area contributed by atoms with Crippen LogP contribution in [0.25, 0.3) is 0 Å². The lowest BCUT2D eigenvalue weighted by Crippen LogP contribution is -2.51. The molecule has 2 amide bonds. The van der Waals surface area contributed by atoms with E-state index < -0.39 is 0 Å². The Morgan fingerprint density at radius 1 is 1.19 bits per heavy atom. The molecule has 1 spiro atoms. The van der Waals surface area contributed by atoms with Crippen LogP contribution in [0.15, 0.2) is 11.4 Å². The van der Waals surface area contributed by atoms with E-state index in [0.717, 1.165) is 49.3 Å². The number of rotatable bonds is 3. The molecule has 1 saturated carbocycles. The summed E-state index contributed by atoms with van der Waals surface area (Å²) in [7, 11) is 0. The molecule has 5 heteroatoms. The standard InChI is InChI=1S/C21H30N2O2S/c1-16-8-13-26-18(16)19(24)23-12-10-21(15-23)9-5-11-22(20(21)25)14-17-6-3-2-4-7-17/h8,13,17H,2-7,9-12,14-15H2,1H3/t21-/m1/s1. The number of hydrogen-bond donors (Lipinski definition) is 0. The van der Waals surface area contributed by atoms with Gasteiger partial charge in [-0.1, -0.05) is 19.3 Å². The lowest BCUT2D eigenvalue weighted by molar-refractivity contribution is -0.146. The maximum Gasteiger partial charge on any atom is 0.264 e. The smallest absolute Gasteiger partial charge is 0.264 e. The molecule has 0 radical (unpaired) electrons. The Morgan fingerprint density at radius 2 is 2.00 bits per heavy atom. The topological polar surface area (TPSA) is 40.6 Å². The Bertz CT molecular complexity index is 679. The predicted octanol–water partition coefficient (Wildman–Crippen LogP) is 4.09. The second-order valence-corrected chi connectivity index (χ2v) is 9.46. The Balaban J connectivity index is 1.43. The number of carbonyl (C=O) groups excluding carboxylic acids is 2. The molecule has 3 aliphatic rings. The predicted molar refractivity (Wildman–Crippen MR) is 104 cm³/mol. The van der Waals surface area contributed by atoms with Gasteiger partial charge in [-0.05, 0) is 62.0 Å². The van der Waals surface area contributed by atoms with E-state index in [1.807, 2.05) is 23.3 Å². The van der Waals surface area contributed by atoms with Gasteiger partial charge in [0.2, 0.25) is 5.91 Å². The largest absolute Gasteiger partial charge is 0.342 e. The van der Waals surface area contributed by atoms with Gasteiger partial charge in [0.25, 0.3) is 5.91 Å². The minimum atomic E-state index is -0.312. The van der Waals surface area contributed by atoms with E-state index in [-0.39, 0.29) is 11.3 Å². The van der Waals surface area contributed by atoms with Crippen LogP contribution in [0.1, 0.15) is 66.6 Å². The van der Waals surface area contributed by atoms with Gasteiger partial charge in [0.15, 0.2) is 0 Å². The molecular formula is C21H30N2O2S. The third-order valence-electron chi connectivity index (χ3n) is 6.72. The van der Waals surface area contributed by atoms with Gasteiger partial charge in [-0.3, -0.25) is 9.59 Å². The fraction of sp³-hybridized carbons (Fsp3) is 0.714. The molecule has 26 heavy (non-hydrogen) atoms. The molecule has 0 unspecified atom stereocenters. The van der Waals surface area contributed by atoms with E-state index in [1.54, 1.807) is 0 Å². The second-order valence-electron chi connectivity index (χ2n) is 8.55. The first-order valence-corrected chi connectivity index (χ1v) is 11.1. The van der Waals surface area contributed by atoms with Crippen molar-refractivity contribution in [1.29, 1.82) is 0 Å². The zero-order valence-corrected chi connectivity index (χ0v) is 16.7. The highest BCUT2D eigenvalue weighted by Gasteiger charge is 2.49.